The van der Waals surface area contributed by atoms with Crippen LogP contribution in [0.2, 0.25) is 0 Å². The predicted octanol–water partition coefficient (Wildman–Crippen LogP) is 6.09. The van der Waals surface area contributed by atoms with E-state index in [2.05, 4.69) is 34.5 Å². The fourth-order valence-electron chi connectivity index (χ4n) is 8.28. The first-order valence-corrected chi connectivity index (χ1v) is 14.6. The SMILES string of the molecule is COc1cccc2c1CCC(F)(F)C21CNCC1C(=O)N1CCC(c2ccccc2)CC1C1CCCCC1. The number of carbonyl (C=O) groups is 1. The van der Waals surface area contributed by atoms with Gasteiger partial charge in [-0.2, -0.15) is 0 Å². The Morgan fingerprint density at radius 3 is 2.58 bits per heavy atom. The van der Waals surface area contributed by atoms with Gasteiger partial charge in [0.1, 0.15) is 5.75 Å². The first-order valence-electron chi connectivity index (χ1n) is 14.6. The van der Waals surface area contributed by atoms with Gasteiger partial charge in [-0.25, -0.2) is 8.78 Å². The number of carbonyl (C=O) groups excluding carboxylic acids is 1. The molecule has 0 bridgehead atoms. The van der Waals surface area contributed by atoms with Crippen LogP contribution in [0.1, 0.15) is 74.0 Å². The Morgan fingerprint density at radius 1 is 1.03 bits per heavy atom. The number of likely N-dealkylation sites (tertiary alicyclic amines) is 1. The van der Waals surface area contributed by atoms with E-state index in [0.717, 1.165) is 31.2 Å². The average Bonchev–Trinajstić information content (AvgIpc) is 3.42. The fourth-order valence-corrected chi connectivity index (χ4v) is 8.28. The average molecular weight is 523 g/mol. The molecule has 2 aromatic carbocycles. The van der Waals surface area contributed by atoms with E-state index in [1.165, 1.54) is 24.8 Å². The lowest BCUT2D eigenvalue weighted by molar-refractivity contribution is -0.154. The molecule has 4 unspecified atom stereocenters. The van der Waals surface area contributed by atoms with Crippen LogP contribution >= 0.6 is 0 Å². The van der Waals surface area contributed by atoms with Gasteiger partial charge < -0.3 is 15.0 Å². The van der Waals surface area contributed by atoms with Crippen LogP contribution < -0.4 is 10.1 Å². The molecule has 204 valence electrons. The van der Waals surface area contributed by atoms with Crippen LogP contribution in [0.25, 0.3) is 0 Å². The molecule has 0 radical (unpaired) electrons. The first kappa shape index (κ1) is 25.8. The Balaban J connectivity index is 1.36. The fraction of sp³-hybridized carbons (Fsp3) is 0.594. The van der Waals surface area contributed by atoms with Crippen molar-refractivity contribution in [2.45, 2.75) is 81.1 Å². The number of rotatable bonds is 4. The van der Waals surface area contributed by atoms with Crippen molar-refractivity contribution in [3.63, 3.8) is 0 Å². The third-order valence-electron chi connectivity index (χ3n) is 10.2. The van der Waals surface area contributed by atoms with Crippen LogP contribution in [0.3, 0.4) is 0 Å². The summed E-state index contributed by atoms with van der Waals surface area (Å²) in [5.74, 6) is -2.33. The minimum absolute atomic E-state index is 0.0765. The molecule has 1 saturated carbocycles. The number of piperidine rings is 1. The standard InChI is InChI=1S/C32H40F2N2O2/c1-38-29-14-8-13-26-25(29)15-17-32(33,34)31(26)21-35-20-27(31)30(37)36-18-16-24(22-9-4-2-5-10-22)19-28(36)23-11-6-3-7-12-23/h2,4-5,8-10,13-14,23-24,27-28,35H,3,6-7,11-12,15-21H2,1H3. The van der Waals surface area contributed by atoms with Gasteiger partial charge in [0.05, 0.1) is 18.4 Å². The molecule has 2 aliphatic carbocycles. The topological polar surface area (TPSA) is 41.6 Å². The molecule has 0 aromatic heterocycles. The second-order valence-electron chi connectivity index (χ2n) is 12.0. The van der Waals surface area contributed by atoms with Crippen LogP contribution in [0.4, 0.5) is 8.78 Å². The van der Waals surface area contributed by atoms with Crippen molar-refractivity contribution in [1.29, 1.82) is 0 Å². The van der Waals surface area contributed by atoms with E-state index in [4.69, 9.17) is 4.74 Å². The highest BCUT2D eigenvalue weighted by atomic mass is 19.3. The molecule has 6 rings (SSSR count). The quantitative estimate of drug-likeness (QED) is 0.529. The second kappa shape index (κ2) is 10.3. The summed E-state index contributed by atoms with van der Waals surface area (Å²) in [5.41, 5.74) is 1.23. The van der Waals surface area contributed by atoms with E-state index in [1.54, 1.807) is 13.2 Å². The van der Waals surface area contributed by atoms with Gasteiger partial charge >= 0.3 is 0 Å². The largest absolute Gasteiger partial charge is 0.496 e. The zero-order valence-corrected chi connectivity index (χ0v) is 22.4. The summed E-state index contributed by atoms with van der Waals surface area (Å²) < 4.78 is 37.9. The summed E-state index contributed by atoms with van der Waals surface area (Å²) in [6.07, 6.45) is 7.70. The minimum Gasteiger partial charge on any atom is -0.496 e. The summed E-state index contributed by atoms with van der Waals surface area (Å²) in [7, 11) is 1.59. The number of hydrogen-bond acceptors (Lipinski definition) is 3. The Hall–Kier alpha value is -2.47. The molecule has 2 aliphatic heterocycles. The molecule has 4 nitrogen and oxygen atoms in total. The smallest absolute Gasteiger partial charge is 0.260 e. The predicted molar refractivity (Wildman–Crippen MR) is 145 cm³/mol. The van der Waals surface area contributed by atoms with Crippen molar-refractivity contribution in [1.82, 2.24) is 10.2 Å². The van der Waals surface area contributed by atoms with Crippen molar-refractivity contribution < 1.29 is 18.3 Å². The number of fused-ring (bicyclic) bond motifs is 2. The number of amides is 1. The van der Waals surface area contributed by atoms with Gasteiger partial charge in [0, 0.05) is 32.1 Å². The normalized spacial score (nSPS) is 31.2. The number of nitrogens with one attached hydrogen (secondary N) is 1. The van der Waals surface area contributed by atoms with Gasteiger partial charge in [-0.3, -0.25) is 4.79 Å². The summed E-state index contributed by atoms with van der Waals surface area (Å²) in [4.78, 5) is 16.6. The Labute approximate surface area is 225 Å². The molecule has 2 saturated heterocycles. The van der Waals surface area contributed by atoms with Gasteiger partial charge in [-0.15, -0.1) is 0 Å². The molecule has 2 heterocycles. The maximum atomic E-state index is 16.1. The van der Waals surface area contributed by atoms with Crippen LogP contribution in [0.15, 0.2) is 48.5 Å². The van der Waals surface area contributed by atoms with E-state index >= 15 is 8.78 Å². The Kier molecular flexibility index (Phi) is 6.96. The van der Waals surface area contributed by atoms with Crippen LogP contribution in [-0.2, 0) is 16.6 Å². The van der Waals surface area contributed by atoms with Gasteiger partial charge in [0.2, 0.25) is 5.91 Å². The van der Waals surface area contributed by atoms with Crippen molar-refractivity contribution in [2.24, 2.45) is 11.8 Å². The summed E-state index contributed by atoms with van der Waals surface area (Å²) in [6.45, 7) is 1.05. The van der Waals surface area contributed by atoms with Crippen molar-refractivity contribution in [3.05, 3.63) is 65.2 Å². The van der Waals surface area contributed by atoms with Crippen LogP contribution in [0, 0.1) is 11.8 Å². The van der Waals surface area contributed by atoms with Crippen molar-refractivity contribution >= 4 is 5.91 Å². The van der Waals surface area contributed by atoms with E-state index < -0.39 is 17.3 Å². The van der Waals surface area contributed by atoms with Crippen LogP contribution in [0.5, 0.6) is 5.75 Å². The molecule has 38 heavy (non-hydrogen) atoms. The number of benzene rings is 2. The maximum Gasteiger partial charge on any atom is 0.260 e. The molecule has 1 amide bonds. The van der Waals surface area contributed by atoms with E-state index in [0.29, 0.717) is 36.2 Å². The molecule has 4 atom stereocenters. The summed E-state index contributed by atoms with van der Waals surface area (Å²) in [5, 5.41) is 3.25. The third-order valence-corrected chi connectivity index (χ3v) is 10.2. The zero-order chi connectivity index (χ0) is 26.3. The lowest BCUT2D eigenvalue weighted by Gasteiger charge is -2.49. The molecule has 2 aromatic rings. The first-order chi connectivity index (χ1) is 18.5. The molecule has 6 heteroatoms. The molecule has 3 fully saturated rings. The van der Waals surface area contributed by atoms with Crippen molar-refractivity contribution in [2.75, 3.05) is 26.7 Å². The second-order valence-corrected chi connectivity index (χ2v) is 12.0. The number of hydrogen-bond donors (Lipinski definition) is 1. The molecule has 4 aliphatic rings. The number of ether oxygens (including phenoxy) is 1. The van der Waals surface area contributed by atoms with E-state index in [9.17, 15) is 4.79 Å². The van der Waals surface area contributed by atoms with Gasteiger partial charge in [-0.1, -0.05) is 61.7 Å². The number of halogens is 2. The third kappa shape index (κ3) is 4.14. The van der Waals surface area contributed by atoms with E-state index in [1.807, 2.05) is 18.2 Å². The number of nitrogens with zero attached hydrogens (tertiary/aromatic N) is 1. The highest BCUT2D eigenvalue weighted by Gasteiger charge is 2.66. The zero-order valence-electron chi connectivity index (χ0n) is 22.4. The highest BCUT2D eigenvalue weighted by molar-refractivity contribution is 5.83. The van der Waals surface area contributed by atoms with Crippen LogP contribution in [-0.4, -0.2) is 49.5 Å². The van der Waals surface area contributed by atoms with Gasteiger partial charge in [0.25, 0.3) is 5.92 Å². The van der Waals surface area contributed by atoms with E-state index in [-0.39, 0.29) is 31.3 Å². The lowest BCUT2D eigenvalue weighted by atomic mass is 9.61. The summed E-state index contributed by atoms with van der Waals surface area (Å²) >= 11 is 0. The Morgan fingerprint density at radius 2 is 1.82 bits per heavy atom. The number of alkyl halides is 2. The molecular formula is C32H40F2N2O2. The molecule has 1 N–H and O–H groups in total. The Bertz CT molecular complexity index is 1150. The molecular weight excluding hydrogens is 482 g/mol. The highest BCUT2D eigenvalue weighted by Crippen LogP contribution is 2.56. The molecule has 1 spiro atoms. The summed E-state index contributed by atoms with van der Waals surface area (Å²) in [6, 6.07) is 16.2. The van der Waals surface area contributed by atoms with Gasteiger partial charge in [-0.05, 0) is 66.7 Å². The maximum absolute atomic E-state index is 16.1. The number of methoxy groups -OCH3 is 1. The minimum atomic E-state index is -2.97. The van der Waals surface area contributed by atoms with Crippen molar-refractivity contribution in [3.8, 4) is 5.75 Å². The lowest BCUT2D eigenvalue weighted by Crippen LogP contribution is -2.60. The van der Waals surface area contributed by atoms with Gasteiger partial charge in [0.15, 0.2) is 0 Å². The monoisotopic (exact) mass is 522 g/mol.